The SMILES string of the molecule is Cc1nc2cccnc2n1C1CCN(c2ccc(NC(=O)c3ccccc3F)cc2C(=O)O)CC1. The third-order valence-corrected chi connectivity index (χ3v) is 6.40. The Morgan fingerprint density at radius 3 is 2.57 bits per heavy atom. The number of carbonyl (C=O) groups excluding carboxylic acids is 1. The van der Waals surface area contributed by atoms with Gasteiger partial charge in [-0.25, -0.2) is 19.2 Å². The molecule has 35 heavy (non-hydrogen) atoms. The molecule has 4 aromatic rings. The van der Waals surface area contributed by atoms with Crippen LogP contribution in [0.4, 0.5) is 15.8 Å². The lowest BCUT2D eigenvalue weighted by molar-refractivity contribution is 0.0697. The molecule has 1 aliphatic rings. The molecule has 0 spiro atoms. The molecular formula is C26H24FN5O3. The highest BCUT2D eigenvalue weighted by Crippen LogP contribution is 2.32. The Bertz CT molecular complexity index is 1430. The highest BCUT2D eigenvalue weighted by atomic mass is 19.1. The van der Waals surface area contributed by atoms with E-state index in [1.54, 1.807) is 24.4 Å². The highest BCUT2D eigenvalue weighted by molar-refractivity contribution is 6.05. The Labute approximate surface area is 201 Å². The molecule has 0 atom stereocenters. The first-order valence-electron chi connectivity index (χ1n) is 11.4. The van der Waals surface area contributed by atoms with Crippen molar-refractivity contribution in [1.29, 1.82) is 0 Å². The molecule has 2 aromatic carbocycles. The lowest BCUT2D eigenvalue weighted by Gasteiger charge is -2.35. The van der Waals surface area contributed by atoms with Gasteiger partial charge in [0.25, 0.3) is 5.91 Å². The summed E-state index contributed by atoms with van der Waals surface area (Å²) in [5.74, 6) is -1.45. The molecule has 1 saturated heterocycles. The van der Waals surface area contributed by atoms with Crippen LogP contribution in [0, 0.1) is 12.7 Å². The lowest BCUT2D eigenvalue weighted by Crippen LogP contribution is -2.35. The topological polar surface area (TPSA) is 100 Å². The number of carboxylic acid groups (broad SMARTS) is 1. The Kier molecular flexibility index (Phi) is 5.90. The van der Waals surface area contributed by atoms with Gasteiger partial charge in [-0.3, -0.25) is 4.79 Å². The molecule has 0 saturated carbocycles. The van der Waals surface area contributed by atoms with Crippen LogP contribution in [0.1, 0.15) is 45.4 Å². The van der Waals surface area contributed by atoms with Crippen LogP contribution in [-0.4, -0.2) is 44.6 Å². The van der Waals surface area contributed by atoms with Gasteiger partial charge in [-0.05, 0) is 62.2 Å². The number of pyridine rings is 1. The maximum absolute atomic E-state index is 13.9. The van der Waals surface area contributed by atoms with Gasteiger partial charge >= 0.3 is 5.97 Å². The number of anilines is 2. The van der Waals surface area contributed by atoms with Gasteiger partial charge < -0.3 is 19.9 Å². The Balaban J connectivity index is 1.34. The summed E-state index contributed by atoms with van der Waals surface area (Å²) in [7, 11) is 0. The molecule has 5 rings (SSSR count). The summed E-state index contributed by atoms with van der Waals surface area (Å²) in [6.07, 6.45) is 3.39. The third-order valence-electron chi connectivity index (χ3n) is 6.40. The number of piperidine rings is 1. The zero-order chi connectivity index (χ0) is 24.5. The van der Waals surface area contributed by atoms with Gasteiger partial charge in [0.05, 0.1) is 16.8 Å². The second-order valence-corrected chi connectivity index (χ2v) is 8.56. The number of aromatic nitrogens is 3. The van der Waals surface area contributed by atoms with E-state index in [1.165, 1.54) is 24.3 Å². The zero-order valence-electron chi connectivity index (χ0n) is 19.1. The fourth-order valence-corrected chi connectivity index (χ4v) is 4.75. The van der Waals surface area contributed by atoms with E-state index in [1.807, 2.05) is 24.0 Å². The number of rotatable bonds is 5. The van der Waals surface area contributed by atoms with Crippen molar-refractivity contribution >= 4 is 34.4 Å². The highest BCUT2D eigenvalue weighted by Gasteiger charge is 2.26. The van der Waals surface area contributed by atoms with Crippen LogP contribution in [0.5, 0.6) is 0 Å². The van der Waals surface area contributed by atoms with Gasteiger partial charge in [0, 0.05) is 31.0 Å². The van der Waals surface area contributed by atoms with Gasteiger partial charge in [0.15, 0.2) is 5.65 Å². The largest absolute Gasteiger partial charge is 0.478 e. The van der Waals surface area contributed by atoms with Crippen LogP contribution >= 0.6 is 0 Å². The monoisotopic (exact) mass is 473 g/mol. The van der Waals surface area contributed by atoms with Crippen LogP contribution in [-0.2, 0) is 0 Å². The minimum absolute atomic E-state index is 0.0840. The smallest absolute Gasteiger partial charge is 0.337 e. The molecule has 9 heteroatoms. The number of halogens is 1. The summed E-state index contributed by atoms with van der Waals surface area (Å²) in [5, 5.41) is 12.4. The quantitative estimate of drug-likeness (QED) is 0.437. The standard InChI is InChI=1S/C26H24FN5O3/c1-16-29-22-7-4-12-28-24(22)32(16)18-10-13-31(14-11-18)23-9-8-17(15-20(23)26(34)35)30-25(33)19-5-2-3-6-21(19)27/h2-9,12,15,18H,10-11,13-14H2,1H3,(H,30,33)(H,34,35). The predicted molar refractivity (Wildman–Crippen MR) is 131 cm³/mol. The van der Waals surface area contributed by atoms with Crippen molar-refractivity contribution in [2.24, 2.45) is 0 Å². The normalized spacial score (nSPS) is 14.3. The van der Waals surface area contributed by atoms with Crippen LogP contribution in [0.25, 0.3) is 11.2 Å². The average molecular weight is 474 g/mol. The van der Waals surface area contributed by atoms with E-state index in [0.29, 0.717) is 24.5 Å². The number of hydrogen-bond donors (Lipinski definition) is 2. The van der Waals surface area contributed by atoms with Crippen molar-refractivity contribution in [1.82, 2.24) is 14.5 Å². The fraction of sp³-hybridized carbons (Fsp3) is 0.231. The van der Waals surface area contributed by atoms with Gasteiger partial charge in [-0.15, -0.1) is 0 Å². The lowest BCUT2D eigenvalue weighted by atomic mass is 10.0. The molecule has 0 unspecified atom stereocenters. The minimum atomic E-state index is -1.09. The predicted octanol–water partition coefficient (Wildman–Crippen LogP) is 4.67. The number of aromatic carboxylic acids is 1. The summed E-state index contributed by atoms with van der Waals surface area (Å²) >= 11 is 0. The average Bonchev–Trinajstić information content (AvgIpc) is 3.20. The van der Waals surface area contributed by atoms with Crippen LogP contribution in [0.3, 0.4) is 0 Å². The summed E-state index contributed by atoms with van der Waals surface area (Å²) in [6, 6.07) is 14.4. The minimum Gasteiger partial charge on any atom is -0.478 e. The molecule has 0 aliphatic carbocycles. The number of benzene rings is 2. The third kappa shape index (κ3) is 4.32. The van der Waals surface area contributed by atoms with E-state index in [4.69, 9.17) is 0 Å². The number of hydrogen-bond acceptors (Lipinski definition) is 5. The Hall–Kier alpha value is -4.27. The molecular weight excluding hydrogens is 449 g/mol. The van der Waals surface area contributed by atoms with Crippen molar-refractivity contribution in [3.05, 3.63) is 83.6 Å². The van der Waals surface area contributed by atoms with Gasteiger partial charge in [0.2, 0.25) is 0 Å². The number of imidazole rings is 1. The van der Waals surface area contributed by atoms with Crippen molar-refractivity contribution in [2.45, 2.75) is 25.8 Å². The molecule has 1 aliphatic heterocycles. The molecule has 2 N–H and O–H groups in total. The molecule has 178 valence electrons. The molecule has 1 fully saturated rings. The number of carboxylic acids is 1. The molecule has 2 aromatic heterocycles. The van der Waals surface area contributed by atoms with Crippen LogP contribution in [0.15, 0.2) is 60.8 Å². The maximum Gasteiger partial charge on any atom is 0.337 e. The zero-order valence-corrected chi connectivity index (χ0v) is 19.1. The van der Waals surface area contributed by atoms with Crippen LogP contribution < -0.4 is 10.2 Å². The van der Waals surface area contributed by atoms with Gasteiger partial charge in [-0.1, -0.05) is 12.1 Å². The van der Waals surface area contributed by atoms with Crippen molar-refractivity contribution in [3.8, 4) is 0 Å². The Morgan fingerprint density at radius 2 is 1.83 bits per heavy atom. The Morgan fingerprint density at radius 1 is 1.06 bits per heavy atom. The van der Waals surface area contributed by atoms with E-state index in [-0.39, 0.29) is 17.2 Å². The van der Waals surface area contributed by atoms with Crippen LogP contribution in [0.2, 0.25) is 0 Å². The first-order chi connectivity index (χ1) is 16.9. The summed E-state index contributed by atoms with van der Waals surface area (Å²) in [4.78, 5) is 35.7. The van der Waals surface area contributed by atoms with E-state index in [0.717, 1.165) is 29.8 Å². The number of fused-ring (bicyclic) bond motifs is 1. The molecule has 1 amide bonds. The van der Waals surface area contributed by atoms with Gasteiger partial charge in [-0.2, -0.15) is 0 Å². The maximum atomic E-state index is 13.9. The molecule has 0 radical (unpaired) electrons. The number of aryl methyl sites for hydroxylation is 1. The summed E-state index contributed by atoms with van der Waals surface area (Å²) in [6.45, 7) is 3.31. The van der Waals surface area contributed by atoms with Crippen molar-refractivity contribution in [2.75, 3.05) is 23.3 Å². The molecule has 8 nitrogen and oxygen atoms in total. The molecule has 3 heterocycles. The van der Waals surface area contributed by atoms with E-state index in [9.17, 15) is 19.1 Å². The number of nitrogens with zero attached hydrogens (tertiary/aromatic N) is 4. The summed E-state index contributed by atoms with van der Waals surface area (Å²) in [5.41, 5.74) is 2.59. The first-order valence-corrected chi connectivity index (χ1v) is 11.4. The second kappa shape index (κ2) is 9.17. The van der Waals surface area contributed by atoms with E-state index in [2.05, 4.69) is 19.9 Å². The van der Waals surface area contributed by atoms with Crippen molar-refractivity contribution in [3.63, 3.8) is 0 Å². The number of nitrogens with one attached hydrogen (secondary N) is 1. The van der Waals surface area contributed by atoms with Gasteiger partial charge in [0.1, 0.15) is 17.2 Å². The second-order valence-electron chi connectivity index (χ2n) is 8.56. The van der Waals surface area contributed by atoms with E-state index < -0.39 is 17.7 Å². The van der Waals surface area contributed by atoms with E-state index >= 15 is 0 Å². The summed E-state index contributed by atoms with van der Waals surface area (Å²) < 4.78 is 16.1. The molecule has 0 bridgehead atoms. The number of carbonyl (C=O) groups is 2. The first kappa shape index (κ1) is 22.5. The van der Waals surface area contributed by atoms with Crippen molar-refractivity contribution < 1.29 is 19.1 Å². The fourth-order valence-electron chi connectivity index (χ4n) is 4.75. The number of amides is 1.